The van der Waals surface area contributed by atoms with Crippen LogP contribution in [-0.4, -0.2) is 28.9 Å². The maximum Gasteiger partial charge on any atom is 0.573 e. The molecule has 0 spiro atoms. The molecular formula is C18H16F3N3O3. The number of hydrogen-bond donors (Lipinski definition) is 2. The number of rotatable bonds is 2. The van der Waals surface area contributed by atoms with Crippen LogP contribution in [0.5, 0.6) is 5.75 Å². The number of benzene rings is 2. The van der Waals surface area contributed by atoms with Gasteiger partial charge in [0.15, 0.2) is 11.4 Å². The largest absolute Gasteiger partial charge is 0.870 e. The first kappa shape index (κ1) is 18.6. The minimum Gasteiger partial charge on any atom is -0.870 e. The van der Waals surface area contributed by atoms with Crippen LogP contribution in [0.15, 0.2) is 60.1 Å². The number of nitrogens with two attached hydrogens (primary N) is 1. The number of halogens is 3. The fourth-order valence-corrected chi connectivity index (χ4v) is 3.16. The van der Waals surface area contributed by atoms with Crippen LogP contribution in [-0.2, 0) is 0 Å². The molecule has 0 unspecified atom stereocenters. The average molecular weight is 379 g/mol. The molecule has 6 nitrogen and oxygen atoms in total. The van der Waals surface area contributed by atoms with Crippen LogP contribution in [0, 0.1) is 0 Å². The predicted octanol–water partition coefficient (Wildman–Crippen LogP) is 0.926. The summed E-state index contributed by atoms with van der Waals surface area (Å²) in [5, 5.41) is 14.2. The molecule has 27 heavy (non-hydrogen) atoms. The maximum atomic E-state index is 12.3. The highest BCUT2D eigenvalue weighted by molar-refractivity contribution is 5.68. The fourth-order valence-electron chi connectivity index (χ4n) is 3.16. The maximum absolute atomic E-state index is 12.3. The second-order valence-corrected chi connectivity index (χ2v) is 5.95. The van der Waals surface area contributed by atoms with Gasteiger partial charge in [-0.1, -0.05) is 18.2 Å². The van der Waals surface area contributed by atoms with Crippen molar-refractivity contribution in [2.75, 3.05) is 12.1 Å². The summed E-state index contributed by atoms with van der Waals surface area (Å²) in [5.74, 6) is -0.300. The second kappa shape index (κ2) is 6.53. The quantitative estimate of drug-likeness (QED) is 0.759. The van der Waals surface area contributed by atoms with Gasteiger partial charge in [0, 0.05) is 23.7 Å². The van der Waals surface area contributed by atoms with Crippen molar-refractivity contribution in [3.63, 3.8) is 0 Å². The summed E-state index contributed by atoms with van der Waals surface area (Å²) in [6.45, 7) is 0. The molecule has 142 valence electrons. The average Bonchev–Trinajstić information content (AvgIpc) is 2.93. The Morgan fingerprint density at radius 1 is 1.04 bits per heavy atom. The molecule has 4 N–H and O–H groups in total. The fraction of sp³-hybridized carbons (Fsp3) is 0.111. The smallest absolute Gasteiger partial charge is 0.573 e. The first-order chi connectivity index (χ1) is 12.3. The minimum atomic E-state index is -4.74. The molecular weight excluding hydrogens is 363 g/mol. The molecule has 0 aromatic heterocycles. The van der Waals surface area contributed by atoms with E-state index in [2.05, 4.69) is 4.74 Å². The molecule has 0 saturated heterocycles. The third-order valence-corrected chi connectivity index (χ3v) is 4.24. The summed E-state index contributed by atoms with van der Waals surface area (Å²) in [4.78, 5) is 1.82. The van der Waals surface area contributed by atoms with Crippen LogP contribution in [0.25, 0.3) is 11.9 Å². The van der Waals surface area contributed by atoms with Crippen LogP contribution in [0.3, 0.4) is 0 Å². The lowest BCUT2D eigenvalue weighted by Crippen LogP contribution is -2.90. The number of ether oxygens (including phenoxy) is 1. The van der Waals surface area contributed by atoms with Crippen molar-refractivity contribution in [3.05, 3.63) is 70.5 Å². The number of nitrogens with zero attached hydrogens (tertiary/aromatic N) is 2. The normalized spacial score (nSPS) is 15.8. The van der Waals surface area contributed by atoms with E-state index in [1.807, 2.05) is 42.4 Å². The van der Waals surface area contributed by atoms with E-state index in [1.165, 1.54) is 29.3 Å². The zero-order chi connectivity index (χ0) is 18.5. The number of aliphatic hydroxyl groups excluding tert-OH is 1. The second-order valence-electron chi connectivity index (χ2n) is 5.95. The third-order valence-electron chi connectivity index (χ3n) is 4.24. The van der Waals surface area contributed by atoms with Crippen LogP contribution in [0.4, 0.5) is 18.9 Å². The molecule has 4 rings (SSSR count). The Balaban J connectivity index is 0.00000210. The van der Waals surface area contributed by atoms with Crippen molar-refractivity contribution >= 4 is 17.6 Å². The molecule has 2 heterocycles. The zero-order valence-corrected chi connectivity index (χ0v) is 14.1. The van der Waals surface area contributed by atoms with Crippen molar-refractivity contribution in [2.45, 2.75) is 6.36 Å². The Bertz CT molecular complexity index is 1020. The first-order valence-electron chi connectivity index (χ1n) is 7.81. The molecule has 2 aliphatic heterocycles. The molecule has 2 aromatic rings. The van der Waals surface area contributed by atoms with Gasteiger partial charge in [-0.3, -0.25) is 0 Å². The number of alkyl halides is 3. The molecule has 0 atom stereocenters. The van der Waals surface area contributed by atoms with Crippen molar-refractivity contribution in [1.29, 1.82) is 0 Å². The van der Waals surface area contributed by atoms with Gasteiger partial charge in [0.2, 0.25) is 0 Å². The van der Waals surface area contributed by atoms with Crippen molar-refractivity contribution in [2.24, 2.45) is 0 Å². The van der Waals surface area contributed by atoms with Crippen LogP contribution in [0.1, 0.15) is 0 Å². The van der Waals surface area contributed by atoms with Gasteiger partial charge in [0.1, 0.15) is 5.75 Å². The topological polar surface area (TPSA) is 82.6 Å². The Morgan fingerprint density at radius 3 is 2.37 bits per heavy atom. The van der Waals surface area contributed by atoms with E-state index in [4.69, 9.17) is 0 Å². The molecule has 2 aromatic carbocycles. The van der Waals surface area contributed by atoms with E-state index < -0.39 is 6.36 Å². The van der Waals surface area contributed by atoms with Gasteiger partial charge in [-0.2, -0.15) is 5.01 Å². The van der Waals surface area contributed by atoms with E-state index in [0.29, 0.717) is 11.4 Å². The van der Waals surface area contributed by atoms with Gasteiger partial charge < -0.3 is 20.2 Å². The molecule has 0 radical (unpaired) electrons. The van der Waals surface area contributed by atoms with Gasteiger partial charge in [-0.15, -0.1) is 13.2 Å². The van der Waals surface area contributed by atoms with Crippen molar-refractivity contribution in [3.8, 4) is 5.75 Å². The highest BCUT2D eigenvalue weighted by Gasteiger charge is 2.37. The standard InChI is InChI=1S/C18H14F3N3O2.H2O/c1-23-10-11-4-2-3-5-14(11)15-16(23)17(25)24(22-15)12-6-8-13(9-7-12)26-18(19,20)21;/h2-10,22,25H,1H3;1H2. The van der Waals surface area contributed by atoms with Crippen molar-refractivity contribution < 1.29 is 33.9 Å². The molecule has 0 bridgehead atoms. The Kier molecular flexibility index (Phi) is 4.50. The summed E-state index contributed by atoms with van der Waals surface area (Å²) < 4.78 is 40.8. The van der Waals surface area contributed by atoms with Gasteiger partial charge in [0.25, 0.3) is 5.88 Å². The number of fused-ring (bicyclic) bond motifs is 2. The number of aliphatic hydroxyl groups is 1. The van der Waals surface area contributed by atoms with E-state index >= 15 is 0 Å². The summed E-state index contributed by atoms with van der Waals surface area (Å²) in [5.41, 5.74) is 3.78. The van der Waals surface area contributed by atoms with E-state index in [9.17, 15) is 18.3 Å². The molecule has 2 aliphatic rings. The molecule has 0 aliphatic carbocycles. The third kappa shape index (κ3) is 3.29. The Labute approximate surface area is 152 Å². The van der Waals surface area contributed by atoms with E-state index in [1.54, 1.807) is 5.43 Å². The molecule has 0 amide bonds. The first-order valence-corrected chi connectivity index (χ1v) is 7.81. The predicted molar refractivity (Wildman–Crippen MR) is 90.4 cm³/mol. The number of anilines is 1. The minimum absolute atomic E-state index is 0. The molecule has 0 fully saturated rings. The Morgan fingerprint density at radius 2 is 1.70 bits per heavy atom. The lowest BCUT2D eigenvalue weighted by Gasteiger charge is -2.16. The van der Waals surface area contributed by atoms with E-state index in [-0.39, 0.29) is 17.1 Å². The number of quaternary nitrogens is 1. The number of hydrogen-bond acceptors (Lipinski definition) is 5. The van der Waals surface area contributed by atoms with Crippen LogP contribution < -0.4 is 25.6 Å². The summed E-state index contributed by atoms with van der Waals surface area (Å²) in [6, 6.07) is 13.1. The summed E-state index contributed by atoms with van der Waals surface area (Å²) in [7, 11) is 1.83. The van der Waals surface area contributed by atoms with Crippen molar-refractivity contribution in [1.82, 2.24) is 4.90 Å². The van der Waals surface area contributed by atoms with Crippen LogP contribution in [0.2, 0.25) is 0 Å². The highest BCUT2D eigenvalue weighted by atomic mass is 19.4. The molecule has 0 saturated carbocycles. The SMILES string of the molecule is CN1C=c2ccccc2=C2[NH2+]N(c3ccc(OC(F)(F)F)cc3)C(O)=C21.[OH-]. The van der Waals surface area contributed by atoms with Gasteiger partial charge >= 0.3 is 6.36 Å². The lowest BCUT2D eigenvalue weighted by molar-refractivity contribution is -0.568. The van der Waals surface area contributed by atoms with Gasteiger partial charge in [-0.25, -0.2) is 5.43 Å². The van der Waals surface area contributed by atoms with Crippen LogP contribution >= 0.6 is 0 Å². The van der Waals surface area contributed by atoms with Gasteiger partial charge in [-0.05, 0) is 30.3 Å². The lowest BCUT2D eigenvalue weighted by atomic mass is 10.1. The van der Waals surface area contributed by atoms with E-state index in [0.717, 1.165) is 16.1 Å². The monoisotopic (exact) mass is 379 g/mol. The summed E-state index contributed by atoms with van der Waals surface area (Å²) in [6.07, 6.45) is -2.82. The number of likely N-dealkylation sites (N-methyl/N-ethyl adjacent to an activating group) is 1. The Hall–Kier alpha value is -3.17. The molecule has 9 heteroatoms. The highest BCUT2D eigenvalue weighted by Crippen LogP contribution is 2.28. The zero-order valence-electron chi connectivity index (χ0n) is 14.1. The van der Waals surface area contributed by atoms with Gasteiger partial charge in [0.05, 0.1) is 5.69 Å². The summed E-state index contributed by atoms with van der Waals surface area (Å²) >= 11 is 0.